The fourth-order valence-corrected chi connectivity index (χ4v) is 2.57. The minimum absolute atomic E-state index is 0.0712. The fourth-order valence-electron chi connectivity index (χ4n) is 2.57. The normalized spacial score (nSPS) is 12.8. The van der Waals surface area contributed by atoms with Gasteiger partial charge < -0.3 is 30.2 Å². The number of primary amides is 1. The summed E-state index contributed by atoms with van der Waals surface area (Å²) in [4.78, 5) is 25.0. The third-order valence-corrected chi connectivity index (χ3v) is 4.38. The quantitative estimate of drug-likeness (QED) is 0.547. The van der Waals surface area contributed by atoms with Gasteiger partial charge in [-0.25, -0.2) is 4.98 Å². The molecule has 1 aromatic heterocycles. The maximum atomic E-state index is 10.8. The zero-order chi connectivity index (χ0) is 24.1. The second-order valence-electron chi connectivity index (χ2n) is 7.11. The van der Waals surface area contributed by atoms with Gasteiger partial charge in [0.2, 0.25) is 0 Å². The molecule has 3 rings (SSSR count). The van der Waals surface area contributed by atoms with E-state index in [0.29, 0.717) is 12.2 Å². The Hall–Kier alpha value is -3.49. The van der Waals surface area contributed by atoms with E-state index in [0.717, 1.165) is 12.3 Å². The van der Waals surface area contributed by atoms with Crippen molar-refractivity contribution < 1.29 is 34.0 Å². The number of ether oxygens (including phenoxy) is 3. The summed E-state index contributed by atoms with van der Waals surface area (Å²) in [5, 5.41) is 18.1. The monoisotopic (exact) mass is 448 g/mol. The van der Waals surface area contributed by atoms with E-state index in [4.69, 9.17) is 25.1 Å². The van der Waals surface area contributed by atoms with Crippen molar-refractivity contribution in [3.63, 3.8) is 0 Å². The van der Waals surface area contributed by atoms with E-state index in [-0.39, 0.29) is 35.0 Å². The van der Waals surface area contributed by atoms with E-state index in [1.165, 1.54) is 32.2 Å². The first-order valence-electron chi connectivity index (χ1n) is 10.3. The molecule has 32 heavy (non-hydrogen) atoms. The Kier molecular flexibility index (Phi) is 11.4. The van der Waals surface area contributed by atoms with E-state index in [9.17, 15) is 14.7 Å². The minimum atomic E-state index is -0.786. The van der Waals surface area contributed by atoms with Crippen molar-refractivity contribution in [1.29, 1.82) is 0 Å². The minimum Gasteiger partial charge on any atom is -0.508 e. The molecule has 1 atom stereocenters. The number of nitrogens with two attached hydrogens (primary N) is 1. The summed E-state index contributed by atoms with van der Waals surface area (Å²) in [6.45, 7) is 3.80. The summed E-state index contributed by atoms with van der Waals surface area (Å²) in [5.74, 6) is 0.745. The van der Waals surface area contributed by atoms with Gasteiger partial charge in [0.05, 0.1) is 20.3 Å². The van der Waals surface area contributed by atoms with Gasteiger partial charge in [0, 0.05) is 24.8 Å². The maximum absolute atomic E-state index is 10.8. The van der Waals surface area contributed by atoms with Gasteiger partial charge in [0.1, 0.15) is 11.5 Å². The lowest BCUT2D eigenvalue weighted by Gasteiger charge is -2.11. The highest BCUT2D eigenvalue weighted by molar-refractivity contribution is 5.94. The van der Waals surface area contributed by atoms with Crippen molar-refractivity contribution >= 4 is 11.9 Å². The van der Waals surface area contributed by atoms with Crippen LogP contribution in [0.5, 0.6) is 23.0 Å². The molecule has 4 N–H and O–H groups in total. The van der Waals surface area contributed by atoms with E-state index < -0.39 is 5.91 Å². The van der Waals surface area contributed by atoms with Crippen molar-refractivity contribution in [2.45, 2.75) is 45.6 Å². The van der Waals surface area contributed by atoms with Gasteiger partial charge in [-0.05, 0) is 31.4 Å². The summed E-state index contributed by atoms with van der Waals surface area (Å²) < 4.78 is 14.7. The highest BCUT2D eigenvalue weighted by Crippen LogP contribution is 2.34. The summed E-state index contributed by atoms with van der Waals surface area (Å²) in [6, 6.07) is 8.10. The summed E-state index contributed by atoms with van der Waals surface area (Å²) >= 11 is 0. The summed E-state index contributed by atoms with van der Waals surface area (Å²) in [5.41, 5.74) is 4.74. The van der Waals surface area contributed by atoms with Crippen molar-refractivity contribution in [1.82, 2.24) is 4.98 Å². The summed E-state index contributed by atoms with van der Waals surface area (Å²) in [6.07, 6.45) is 5.68. The van der Waals surface area contributed by atoms with Crippen LogP contribution in [0.4, 0.5) is 0 Å². The Morgan fingerprint density at radius 2 is 1.88 bits per heavy atom. The Balaban J connectivity index is 0.000000242. The van der Waals surface area contributed by atoms with Crippen molar-refractivity contribution in [2.24, 2.45) is 11.7 Å². The molecule has 0 radical (unpaired) electrons. The molecule has 0 spiro atoms. The van der Waals surface area contributed by atoms with Gasteiger partial charge >= 0.3 is 5.97 Å². The molecule has 176 valence electrons. The zero-order valence-corrected chi connectivity index (χ0v) is 18.9. The van der Waals surface area contributed by atoms with Crippen molar-refractivity contribution in [3.8, 4) is 23.0 Å². The number of benzene rings is 1. The molecule has 1 unspecified atom stereocenters. The third kappa shape index (κ3) is 10.0. The van der Waals surface area contributed by atoms with Gasteiger partial charge in [0.25, 0.3) is 5.91 Å². The molecule has 0 bridgehead atoms. The van der Waals surface area contributed by atoms with Crippen LogP contribution < -0.4 is 15.2 Å². The SMILES string of the molecule is CCC(=O)OC(C)CC1CC1.COc1cccc(O)c1.COc1ccnc(C(N)=O)c1O. The average molecular weight is 449 g/mol. The van der Waals surface area contributed by atoms with Gasteiger partial charge in [-0.15, -0.1) is 0 Å². The average Bonchev–Trinajstić information content (AvgIpc) is 3.58. The molecule has 1 aliphatic carbocycles. The molecule has 1 aromatic carbocycles. The number of nitrogens with zero attached hydrogens (tertiary/aromatic N) is 1. The van der Waals surface area contributed by atoms with Crippen molar-refractivity contribution in [3.05, 3.63) is 42.2 Å². The molecule has 1 amide bonds. The predicted molar refractivity (Wildman–Crippen MR) is 119 cm³/mol. The molecule has 2 aromatic rings. The van der Waals surface area contributed by atoms with E-state index in [1.54, 1.807) is 31.4 Å². The number of hydrogen-bond donors (Lipinski definition) is 3. The number of aromatic hydroxyl groups is 2. The Morgan fingerprint density at radius 3 is 2.34 bits per heavy atom. The molecule has 1 fully saturated rings. The number of esters is 1. The lowest BCUT2D eigenvalue weighted by atomic mass is 10.2. The number of carbonyl (C=O) groups is 2. The first-order valence-corrected chi connectivity index (χ1v) is 10.3. The standard InChI is InChI=1S/C9H16O2.C7H8N2O3.C7H8O2/c1-3-9(10)11-7(2)6-8-4-5-8;1-12-4-2-3-9-5(6(4)10)7(8)11;1-9-7-4-2-3-6(8)5-7/h7-8H,3-6H2,1-2H3;2-3,10H,1H3,(H2,8,11);2-5,8H,1H3. The number of phenols is 1. The number of methoxy groups -OCH3 is 2. The Morgan fingerprint density at radius 1 is 1.19 bits per heavy atom. The molecular weight excluding hydrogens is 416 g/mol. The number of rotatable bonds is 7. The highest BCUT2D eigenvalue weighted by atomic mass is 16.5. The Bertz CT molecular complexity index is 869. The lowest BCUT2D eigenvalue weighted by molar-refractivity contribution is -0.148. The molecule has 1 saturated carbocycles. The van der Waals surface area contributed by atoms with E-state index >= 15 is 0 Å². The zero-order valence-electron chi connectivity index (χ0n) is 18.9. The molecule has 0 aliphatic heterocycles. The molecular formula is C23H32N2O7. The van der Waals surface area contributed by atoms with Crippen LogP contribution in [0, 0.1) is 5.92 Å². The predicted octanol–water partition coefficient (Wildman–Crippen LogP) is 3.42. The van der Waals surface area contributed by atoms with Crippen LogP contribution in [0.15, 0.2) is 36.5 Å². The molecule has 9 nitrogen and oxygen atoms in total. The van der Waals surface area contributed by atoms with Crippen molar-refractivity contribution in [2.75, 3.05) is 14.2 Å². The van der Waals surface area contributed by atoms with Crippen LogP contribution in [0.1, 0.15) is 50.0 Å². The van der Waals surface area contributed by atoms with Crippen LogP contribution >= 0.6 is 0 Å². The van der Waals surface area contributed by atoms with Gasteiger partial charge in [-0.2, -0.15) is 0 Å². The van der Waals surface area contributed by atoms with Gasteiger partial charge in [0.15, 0.2) is 17.2 Å². The topological polar surface area (TPSA) is 141 Å². The maximum Gasteiger partial charge on any atom is 0.305 e. The first-order chi connectivity index (χ1) is 15.2. The van der Waals surface area contributed by atoms with Crippen LogP contribution in [-0.4, -0.2) is 47.4 Å². The summed E-state index contributed by atoms with van der Waals surface area (Å²) in [7, 11) is 2.94. The van der Waals surface area contributed by atoms with E-state index in [1.807, 2.05) is 13.8 Å². The number of aromatic nitrogens is 1. The third-order valence-electron chi connectivity index (χ3n) is 4.38. The molecule has 1 aliphatic rings. The number of hydrogen-bond acceptors (Lipinski definition) is 8. The fraction of sp³-hybridized carbons (Fsp3) is 0.435. The molecule has 0 saturated heterocycles. The number of phenolic OH excluding ortho intramolecular Hbond substituents is 1. The highest BCUT2D eigenvalue weighted by Gasteiger charge is 2.24. The number of pyridine rings is 1. The largest absolute Gasteiger partial charge is 0.508 e. The number of amides is 1. The van der Waals surface area contributed by atoms with Gasteiger partial charge in [-0.3, -0.25) is 9.59 Å². The second-order valence-corrected chi connectivity index (χ2v) is 7.11. The van der Waals surface area contributed by atoms with Crippen LogP contribution in [0.25, 0.3) is 0 Å². The second kappa shape index (κ2) is 13.7. The first kappa shape index (κ1) is 26.5. The molecule has 9 heteroatoms. The van der Waals surface area contributed by atoms with Gasteiger partial charge in [-0.1, -0.05) is 25.8 Å². The van der Waals surface area contributed by atoms with Crippen LogP contribution in [-0.2, 0) is 9.53 Å². The lowest BCUT2D eigenvalue weighted by Crippen LogP contribution is -2.14. The Labute approximate surface area is 188 Å². The molecule has 1 heterocycles. The van der Waals surface area contributed by atoms with Crippen LogP contribution in [0.2, 0.25) is 0 Å². The van der Waals surface area contributed by atoms with E-state index in [2.05, 4.69) is 4.98 Å². The smallest absolute Gasteiger partial charge is 0.305 e. The number of carbonyl (C=O) groups excluding carboxylic acids is 2. The van der Waals surface area contributed by atoms with Crippen LogP contribution in [0.3, 0.4) is 0 Å².